The third kappa shape index (κ3) is 9.49. The molecule has 2 aromatic carbocycles. The Morgan fingerprint density at radius 2 is 1.70 bits per heavy atom. The highest BCUT2D eigenvalue weighted by Crippen LogP contribution is 2.27. The fourth-order valence-electron chi connectivity index (χ4n) is 3.30. The summed E-state index contributed by atoms with van der Waals surface area (Å²) in [6.45, 7) is 4.31. The van der Waals surface area contributed by atoms with Gasteiger partial charge in [-0.15, -0.1) is 24.0 Å². The molecule has 8 heteroatoms. The first-order valence-corrected chi connectivity index (χ1v) is 11.0. The quantitative estimate of drug-likeness (QED) is 0.187. The summed E-state index contributed by atoms with van der Waals surface area (Å²) < 4.78 is 10.7. The van der Waals surface area contributed by atoms with E-state index in [1.54, 1.807) is 33.2 Å². The number of aryl methyl sites for hydroxylation is 1. The van der Waals surface area contributed by atoms with Crippen molar-refractivity contribution in [3.63, 3.8) is 0 Å². The summed E-state index contributed by atoms with van der Waals surface area (Å²) in [4.78, 5) is 18.4. The number of aliphatic imine (C=N–C) groups is 1. The Balaban J connectivity index is 0.00000544. The van der Waals surface area contributed by atoms with Gasteiger partial charge in [0.05, 0.1) is 14.2 Å². The molecular formula is C25H37IN4O3. The molecule has 0 saturated heterocycles. The average Bonchev–Trinajstić information content (AvgIpc) is 2.81. The topological polar surface area (TPSA) is 75.2 Å². The second kappa shape index (κ2) is 15.4. The highest BCUT2D eigenvalue weighted by atomic mass is 127. The molecule has 0 aliphatic carbocycles. The zero-order valence-electron chi connectivity index (χ0n) is 20.3. The first kappa shape index (κ1) is 28.5. The number of carbonyl (C=O) groups excluding carboxylic acids is 1. The van der Waals surface area contributed by atoms with Crippen molar-refractivity contribution in [3.8, 4) is 11.5 Å². The maximum absolute atomic E-state index is 12.1. The number of nitrogens with one attached hydrogen (secondary N) is 2. The number of guanidine groups is 1. The predicted molar refractivity (Wildman–Crippen MR) is 145 cm³/mol. The van der Waals surface area contributed by atoms with E-state index in [4.69, 9.17) is 9.47 Å². The van der Waals surface area contributed by atoms with E-state index >= 15 is 0 Å². The number of hydrogen-bond acceptors (Lipinski definition) is 4. The van der Waals surface area contributed by atoms with Gasteiger partial charge in [-0.1, -0.05) is 18.2 Å². The second-order valence-electron chi connectivity index (χ2n) is 7.63. The van der Waals surface area contributed by atoms with Gasteiger partial charge >= 0.3 is 0 Å². The maximum Gasteiger partial charge on any atom is 0.253 e. The van der Waals surface area contributed by atoms with Gasteiger partial charge in [0.25, 0.3) is 5.91 Å². The Morgan fingerprint density at radius 1 is 0.970 bits per heavy atom. The Hall–Kier alpha value is -2.49. The van der Waals surface area contributed by atoms with Gasteiger partial charge in [0.2, 0.25) is 0 Å². The van der Waals surface area contributed by atoms with E-state index in [9.17, 15) is 4.79 Å². The van der Waals surface area contributed by atoms with Crippen molar-refractivity contribution in [2.45, 2.75) is 26.2 Å². The van der Waals surface area contributed by atoms with Crippen LogP contribution in [0.5, 0.6) is 11.5 Å². The van der Waals surface area contributed by atoms with Crippen LogP contribution in [-0.4, -0.2) is 64.7 Å². The summed E-state index contributed by atoms with van der Waals surface area (Å²) in [5, 5.41) is 6.67. The minimum Gasteiger partial charge on any atom is -0.493 e. The number of benzene rings is 2. The molecule has 0 aliphatic rings. The molecule has 2 rings (SSSR count). The molecule has 0 radical (unpaired) electrons. The minimum atomic E-state index is 0. The van der Waals surface area contributed by atoms with E-state index in [0.29, 0.717) is 5.56 Å². The Kier molecular flexibility index (Phi) is 13.3. The molecule has 0 unspecified atom stereocenters. The normalized spacial score (nSPS) is 10.8. The van der Waals surface area contributed by atoms with Crippen molar-refractivity contribution >= 4 is 35.8 Å². The van der Waals surface area contributed by atoms with Crippen LogP contribution in [-0.2, 0) is 12.8 Å². The van der Waals surface area contributed by atoms with Crippen molar-refractivity contribution < 1.29 is 14.3 Å². The smallest absolute Gasteiger partial charge is 0.253 e. The number of rotatable bonds is 11. The number of amides is 1. The molecule has 0 aliphatic heterocycles. The number of ether oxygens (including phenoxy) is 2. The number of hydrogen-bond donors (Lipinski definition) is 2. The van der Waals surface area contributed by atoms with E-state index in [1.807, 2.05) is 36.4 Å². The Labute approximate surface area is 215 Å². The van der Waals surface area contributed by atoms with Crippen molar-refractivity contribution in [2.75, 3.05) is 47.9 Å². The van der Waals surface area contributed by atoms with Crippen molar-refractivity contribution in [2.24, 2.45) is 4.99 Å². The third-order valence-corrected chi connectivity index (χ3v) is 4.97. The van der Waals surface area contributed by atoms with Crippen LogP contribution in [0.1, 0.15) is 34.8 Å². The van der Waals surface area contributed by atoms with Gasteiger partial charge in [-0.25, -0.2) is 0 Å². The summed E-state index contributed by atoms with van der Waals surface area (Å²) >= 11 is 0. The third-order valence-electron chi connectivity index (χ3n) is 4.97. The van der Waals surface area contributed by atoms with Crippen LogP contribution >= 0.6 is 24.0 Å². The summed E-state index contributed by atoms with van der Waals surface area (Å²) in [6.07, 6.45) is 2.65. The van der Waals surface area contributed by atoms with Crippen LogP contribution in [0, 0.1) is 0 Å². The molecule has 0 spiro atoms. The second-order valence-corrected chi connectivity index (χ2v) is 7.63. The summed E-state index contributed by atoms with van der Waals surface area (Å²) in [7, 11) is 6.82. The van der Waals surface area contributed by atoms with Gasteiger partial charge < -0.3 is 25.0 Å². The van der Waals surface area contributed by atoms with E-state index in [2.05, 4.69) is 28.6 Å². The highest BCUT2D eigenvalue weighted by molar-refractivity contribution is 14.0. The van der Waals surface area contributed by atoms with Crippen LogP contribution in [0.15, 0.2) is 47.5 Å². The van der Waals surface area contributed by atoms with E-state index in [0.717, 1.165) is 61.9 Å². The lowest BCUT2D eigenvalue weighted by Crippen LogP contribution is -2.38. The molecule has 7 nitrogen and oxygen atoms in total. The van der Waals surface area contributed by atoms with Crippen LogP contribution in [0.3, 0.4) is 0 Å². The monoisotopic (exact) mass is 568 g/mol. The summed E-state index contributed by atoms with van der Waals surface area (Å²) in [5.74, 6) is 2.31. The van der Waals surface area contributed by atoms with E-state index < -0.39 is 0 Å². The number of methoxy groups -OCH3 is 2. The van der Waals surface area contributed by atoms with Crippen LogP contribution < -0.4 is 20.1 Å². The largest absolute Gasteiger partial charge is 0.493 e. The molecule has 0 atom stereocenters. The molecule has 2 N–H and O–H groups in total. The number of carbonyl (C=O) groups is 1. The van der Waals surface area contributed by atoms with Gasteiger partial charge in [-0.3, -0.25) is 9.79 Å². The molecule has 33 heavy (non-hydrogen) atoms. The minimum absolute atomic E-state index is 0. The standard InChI is InChI=1S/C25H36N4O3.HI/c1-6-26-25(27-15-8-10-19-12-13-22(31-4)23(18-19)32-5)28-16-14-20-9-7-11-21(17-20)24(30)29(2)3;/h7,9,11-13,17-18H,6,8,10,14-16H2,1-5H3,(H2,26,27,28);1H. The molecule has 0 heterocycles. The maximum atomic E-state index is 12.1. The van der Waals surface area contributed by atoms with Crippen molar-refractivity contribution in [1.29, 1.82) is 0 Å². The lowest BCUT2D eigenvalue weighted by Gasteiger charge is -2.13. The van der Waals surface area contributed by atoms with E-state index in [-0.39, 0.29) is 29.9 Å². The van der Waals surface area contributed by atoms with Crippen LogP contribution in [0.25, 0.3) is 0 Å². The lowest BCUT2D eigenvalue weighted by molar-refractivity contribution is 0.0827. The van der Waals surface area contributed by atoms with Crippen molar-refractivity contribution in [3.05, 3.63) is 59.2 Å². The summed E-state index contributed by atoms with van der Waals surface area (Å²) in [5.41, 5.74) is 3.03. The first-order valence-electron chi connectivity index (χ1n) is 11.0. The molecule has 182 valence electrons. The zero-order chi connectivity index (χ0) is 23.3. The van der Waals surface area contributed by atoms with Gasteiger partial charge in [0.1, 0.15) is 0 Å². The zero-order valence-corrected chi connectivity index (χ0v) is 22.6. The number of halogens is 1. The van der Waals surface area contributed by atoms with Gasteiger partial charge in [-0.05, 0) is 61.6 Å². The van der Waals surface area contributed by atoms with E-state index in [1.165, 1.54) is 5.56 Å². The predicted octanol–water partition coefficient (Wildman–Crippen LogP) is 3.75. The van der Waals surface area contributed by atoms with Gasteiger partial charge in [-0.2, -0.15) is 0 Å². The number of nitrogens with zero attached hydrogens (tertiary/aromatic N) is 2. The summed E-state index contributed by atoms with van der Waals surface area (Å²) in [6, 6.07) is 13.8. The Bertz CT molecular complexity index is 903. The fraction of sp³-hybridized carbons (Fsp3) is 0.440. The Morgan fingerprint density at radius 3 is 2.36 bits per heavy atom. The lowest BCUT2D eigenvalue weighted by atomic mass is 10.1. The molecule has 2 aromatic rings. The highest BCUT2D eigenvalue weighted by Gasteiger charge is 2.08. The SMILES string of the molecule is CCNC(=NCCCc1ccc(OC)c(OC)c1)NCCc1cccc(C(=O)N(C)C)c1.I. The molecular weight excluding hydrogens is 531 g/mol. The van der Waals surface area contributed by atoms with Crippen molar-refractivity contribution in [1.82, 2.24) is 15.5 Å². The van der Waals surface area contributed by atoms with Crippen LogP contribution in [0.2, 0.25) is 0 Å². The fourth-order valence-corrected chi connectivity index (χ4v) is 3.30. The molecule has 0 aromatic heterocycles. The molecule has 0 fully saturated rings. The first-order chi connectivity index (χ1) is 15.5. The molecule has 0 saturated carbocycles. The molecule has 0 bridgehead atoms. The molecule has 1 amide bonds. The van der Waals surface area contributed by atoms with Gasteiger partial charge in [0, 0.05) is 39.3 Å². The average molecular weight is 569 g/mol. The van der Waals surface area contributed by atoms with Gasteiger partial charge in [0.15, 0.2) is 17.5 Å². The van der Waals surface area contributed by atoms with Crippen LogP contribution in [0.4, 0.5) is 0 Å².